The average Bonchev–Trinajstić information content (AvgIpc) is 3.16. The second-order valence-corrected chi connectivity index (χ2v) is 5.86. The fraction of sp³-hybridized carbons (Fsp3) is 0.0526. The number of carbonyl (C=O) groups is 1. The van der Waals surface area contributed by atoms with Gasteiger partial charge >= 0.3 is 6.18 Å². The zero-order valence-electron chi connectivity index (χ0n) is 14.6. The van der Waals surface area contributed by atoms with Gasteiger partial charge in [-0.3, -0.25) is 14.9 Å². The Kier molecular flexibility index (Phi) is 5.44. The molecule has 0 bridgehead atoms. The summed E-state index contributed by atoms with van der Waals surface area (Å²) in [5.74, 6) is -0.805. The summed E-state index contributed by atoms with van der Waals surface area (Å²) in [5, 5.41) is 14.7. The number of rotatable bonds is 5. The number of nitrogens with zero attached hydrogens (tertiary/aromatic N) is 3. The van der Waals surface area contributed by atoms with Gasteiger partial charge in [0.25, 0.3) is 11.6 Å². The highest BCUT2D eigenvalue weighted by molar-refractivity contribution is 5.95. The summed E-state index contributed by atoms with van der Waals surface area (Å²) in [4.78, 5) is 22.5. The third-order valence-electron chi connectivity index (χ3n) is 3.91. The molecule has 1 amide bonds. The van der Waals surface area contributed by atoms with Crippen molar-refractivity contribution < 1.29 is 22.9 Å². The Balaban J connectivity index is 1.76. The molecule has 0 saturated heterocycles. The van der Waals surface area contributed by atoms with Gasteiger partial charge in [-0.1, -0.05) is 12.1 Å². The van der Waals surface area contributed by atoms with Crippen molar-refractivity contribution in [3.8, 4) is 5.69 Å². The minimum atomic E-state index is -4.56. The number of alkyl halides is 3. The van der Waals surface area contributed by atoms with E-state index < -0.39 is 22.6 Å². The van der Waals surface area contributed by atoms with Crippen LogP contribution in [0.5, 0.6) is 0 Å². The van der Waals surface area contributed by atoms with Crippen LogP contribution < -0.4 is 5.43 Å². The summed E-state index contributed by atoms with van der Waals surface area (Å²) in [5.41, 5.74) is 1.96. The van der Waals surface area contributed by atoms with Crippen molar-refractivity contribution >= 4 is 17.8 Å². The molecule has 0 unspecified atom stereocenters. The predicted molar refractivity (Wildman–Crippen MR) is 98.9 cm³/mol. The Labute approximate surface area is 162 Å². The maximum Gasteiger partial charge on any atom is 0.416 e. The topological polar surface area (TPSA) is 89.5 Å². The first-order chi connectivity index (χ1) is 13.8. The quantitative estimate of drug-likeness (QED) is 0.395. The van der Waals surface area contributed by atoms with E-state index in [2.05, 4.69) is 10.5 Å². The van der Waals surface area contributed by atoms with E-state index in [9.17, 15) is 28.1 Å². The van der Waals surface area contributed by atoms with Crippen molar-refractivity contribution in [3.63, 3.8) is 0 Å². The van der Waals surface area contributed by atoms with Crippen molar-refractivity contribution in [2.45, 2.75) is 6.18 Å². The lowest BCUT2D eigenvalue weighted by Gasteiger charge is -2.08. The van der Waals surface area contributed by atoms with Crippen LogP contribution in [0.15, 0.2) is 72.0 Å². The number of hydrazone groups is 1. The minimum Gasteiger partial charge on any atom is -0.315 e. The molecule has 7 nitrogen and oxygen atoms in total. The number of aromatic nitrogens is 1. The molecule has 1 N–H and O–H groups in total. The Morgan fingerprint density at radius 1 is 1.10 bits per heavy atom. The van der Waals surface area contributed by atoms with Gasteiger partial charge in [0.1, 0.15) is 0 Å². The molecule has 0 fully saturated rings. The number of nitro groups is 1. The van der Waals surface area contributed by atoms with Gasteiger partial charge in [-0.15, -0.1) is 0 Å². The molecule has 0 aliphatic rings. The monoisotopic (exact) mass is 402 g/mol. The lowest BCUT2D eigenvalue weighted by atomic mass is 10.1. The second kappa shape index (κ2) is 7.97. The highest BCUT2D eigenvalue weighted by atomic mass is 19.4. The van der Waals surface area contributed by atoms with Crippen LogP contribution in [0.1, 0.15) is 21.6 Å². The number of nitro benzene ring substituents is 1. The van der Waals surface area contributed by atoms with Crippen molar-refractivity contribution in [1.29, 1.82) is 0 Å². The van der Waals surface area contributed by atoms with Crippen molar-refractivity contribution in [1.82, 2.24) is 9.99 Å². The maximum absolute atomic E-state index is 12.7. The molecule has 2 aromatic carbocycles. The second-order valence-electron chi connectivity index (χ2n) is 5.86. The van der Waals surface area contributed by atoms with Crippen LogP contribution in [0, 0.1) is 10.1 Å². The fourth-order valence-corrected chi connectivity index (χ4v) is 2.55. The first kappa shape index (κ1) is 19.8. The van der Waals surface area contributed by atoms with E-state index in [-0.39, 0.29) is 11.3 Å². The first-order valence-electron chi connectivity index (χ1n) is 8.18. The number of hydrogen-bond donors (Lipinski definition) is 1. The van der Waals surface area contributed by atoms with Crippen LogP contribution in [-0.2, 0) is 6.18 Å². The van der Waals surface area contributed by atoms with Gasteiger partial charge in [0.2, 0.25) is 0 Å². The zero-order valence-corrected chi connectivity index (χ0v) is 14.6. The number of benzene rings is 2. The lowest BCUT2D eigenvalue weighted by Crippen LogP contribution is -2.18. The molecule has 0 radical (unpaired) electrons. The van der Waals surface area contributed by atoms with E-state index in [0.717, 1.165) is 18.2 Å². The highest BCUT2D eigenvalue weighted by Gasteiger charge is 2.30. The van der Waals surface area contributed by atoms with Crippen LogP contribution in [0.3, 0.4) is 0 Å². The summed E-state index contributed by atoms with van der Waals surface area (Å²) < 4.78 is 39.8. The van der Waals surface area contributed by atoms with Gasteiger partial charge in [-0.05, 0) is 36.4 Å². The molecule has 0 atom stereocenters. The number of hydrogen-bond acceptors (Lipinski definition) is 4. The van der Waals surface area contributed by atoms with Crippen LogP contribution in [-0.4, -0.2) is 21.6 Å². The fourth-order valence-electron chi connectivity index (χ4n) is 2.55. The Hall–Kier alpha value is -3.95. The third kappa shape index (κ3) is 4.67. The Morgan fingerprint density at radius 2 is 1.86 bits per heavy atom. The molecule has 148 valence electrons. The lowest BCUT2D eigenvalue weighted by molar-refractivity contribution is -0.384. The molecule has 0 saturated carbocycles. The summed E-state index contributed by atoms with van der Waals surface area (Å²) >= 11 is 0. The molecule has 10 heteroatoms. The van der Waals surface area contributed by atoms with Crippen LogP contribution in [0.2, 0.25) is 0 Å². The Morgan fingerprint density at radius 3 is 2.59 bits per heavy atom. The average molecular weight is 402 g/mol. The van der Waals surface area contributed by atoms with Gasteiger partial charge < -0.3 is 4.57 Å². The number of amides is 1. The van der Waals surface area contributed by atoms with Gasteiger partial charge in [0.15, 0.2) is 0 Å². The highest BCUT2D eigenvalue weighted by Crippen LogP contribution is 2.29. The summed E-state index contributed by atoms with van der Waals surface area (Å²) in [6.07, 6.45) is -1.63. The molecule has 29 heavy (non-hydrogen) atoms. The number of non-ortho nitro benzene ring substituents is 1. The molecule has 0 spiro atoms. The maximum atomic E-state index is 12.7. The zero-order chi connectivity index (χ0) is 21.0. The van der Waals surface area contributed by atoms with E-state index in [1.165, 1.54) is 30.5 Å². The normalized spacial score (nSPS) is 11.6. The van der Waals surface area contributed by atoms with Crippen molar-refractivity contribution in [2.75, 3.05) is 0 Å². The van der Waals surface area contributed by atoms with Gasteiger partial charge in [-0.2, -0.15) is 18.3 Å². The van der Waals surface area contributed by atoms with Gasteiger partial charge in [-0.25, -0.2) is 5.43 Å². The molecule has 1 aromatic heterocycles. The molecule has 3 rings (SSSR count). The molecule has 0 aliphatic heterocycles. The van der Waals surface area contributed by atoms with Gasteiger partial charge in [0, 0.05) is 23.9 Å². The summed E-state index contributed by atoms with van der Waals surface area (Å²) in [6.45, 7) is 0. The number of halogens is 3. The molecule has 3 aromatic rings. The summed E-state index contributed by atoms with van der Waals surface area (Å²) in [6, 6.07) is 13.2. The Bertz CT molecular complexity index is 1090. The molecule has 0 aliphatic carbocycles. The standard InChI is InChI=1S/C19H13F3N4O3/c20-19(21,22)14-5-1-4-13(10-14)18(27)24-23-12-17-8-3-9-25(17)15-6-2-7-16(11-15)26(28)29/h1-12H,(H,24,27)/b23-12+. The van der Waals surface area contributed by atoms with Crippen molar-refractivity contribution in [2.24, 2.45) is 5.10 Å². The first-order valence-corrected chi connectivity index (χ1v) is 8.18. The van der Waals surface area contributed by atoms with E-state index in [1.807, 2.05) is 0 Å². The molecular weight excluding hydrogens is 389 g/mol. The van der Waals surface area contributed by atoms with Crippen LogP contribution >= 0.6 is 0 Å². The number of carbonyl (C=O) groups excluding carboxylic acids is 1. The predicted octanol–water partition coefficient (Wildman–Crippen LogP) is 4.17. The number of nitrogens with one attached hydrogen (secondary N) is 1. The van der Waals surface area contributed by atoms with Gasteiger partial charge in [0.05, 0.1) is 28.1 Å². The van der Waals surface area contributed by atoms with E-state index >= 15 is 0 Å². The van der Waals surface area contributed by atoms with E-state index in [4.69, 9.17) is 0 Å². The largest absolute Gasteiger partial charge is 0.416 e. The van der Waals surface area contributed by atoms with Crippen molar-refractivity contribution in [3.05, 3.63) is 93.8 Å². The minimum absolute atomic E-state index is 0.0862. The van der Waals surface area contributed by atoms with E-state index in [1.54, 1.807) is 29.0 Å². The summed E-state index contributed by atoms with van der Waals surface area (Å²) in [7, 11) is 0. The molecule has 1 heterocycles. The smallest absolute Gasteiger partial charge is 0.315 e. The molecular formula is C19H13F3N4O3. The van der Waals surface area contributed by atoms with Crippen LogP contribution in [0.4, 0.5) is 18.9 Å². The third-order valence-corrected chi connectivity index (χ3v) is 3.91. The van der Waals surface area contributed by atoms with E-state index in [0.29, 0.717) is 11.4 Å². The SMILES string of the molecule is O=C(N/N=C/c1cccn1-c1cccc([N+](=O)[O-])c1)c1cccc(C(F)(F)F)c1. The van der Waals surface area contributed by atoms with Crippen LogP contribution in [0.25, 0.3) is 5.69 Å².